The van der Waals surface area contributed by atoms with Crippen LogP contribution in [0, 0.1) is 42.9 Å². The van der Waals surface area contributed by atoms with Crippen LogP contribution in [0.5, 0.6) is 0 Å². The monoisotopic (exact) mass is 420 g/mol. The SMILES string of the molecule is Cc1cccc(C)c1N1CCN(S(=O)(=O)c2c(F)c(F)c(F)c(F)c2F)CC1. The summed E-state index contributed by atoms with van der Waals surface area (Å²) in [6.07, 6.45) is 0. The Morgan fingerprint density at radius 3 is 1.64 bits per heavy atom. The molecule has 1 heterocycles. The minimum absolute atomic E-state index is 0.157. The zero-order valence-electron chi connectivity index (χ0n) is 15.1. The number of piperazine rings is 1. The summed E-state index contributed by atoms with van der Waals surface area (Å²) in [5, 5.41) is 0. The van der Waals surface area contributed by atoms with Crippen molar-refractivity contribution in [3.63, 3.8) is 0 Å². The van der Waals surface area contributed by atoms with Gasteiger partial charge in [-0.15, -0.1) is 0 Å². The van der Waals surface area contributed by atoms with Crippen molar-refractivity contribution in [2.24, 2.45) is 0 Å². The Kier molecular flexibility index (Phi) is 5.37. The van der Waals surface area contributed by atoms with Gasteiger partial charge in [0.1, 0.15) is 0 Å². The fourth-order valence-electron chi connectivity index (χ4n) is 3.40. The van der Waals surface area contributed by atoms with Gasteiger partial charge in [0.15, 0.2) is 28.2 Å². The van der Waals surface area contributed by atoms with E-state index in [2.05, 4.69) is 0 Å². The van der Waals surface area contributed by atoms with Crippen LogP contribution in [-0.2, 0) is 10.0 Å². The number of aryl methyl sites for hydroxylation is 2. The lowest BCUT2D eigenvalue weighted by Gasteiger charge is -2.37. The van der Waals surface area contributed by atoms with Crippen molar-refractivity contribution in [1.82, 2.24) is 4.31 Å². The van der Waals surface area contributed by atoms with Gasteiger partial charge in [-0.1, -0.05) is 18.2 Å². The second-order valence-electron chi connectivity index (χ2n) is 6.53. The van der Waals surface area contributed by atoms with Crippen LogP contribution < -0.4 is 4.90 Å². The van der Waals surface area contributed by atoms with Crippen LogP contribution in [0.25, 0.3) is 0 Å². The first-order valence-electron chi connectivity index (χ1n) is 8.40. The number of para-hydroxylation sites is 1. The van der Waals surface area contributed by atoms with E-state index < -0.39 is 44.0 Å². The Morgan fingerprint density at radius 1 is 0.750 bits per heavy atom. The van der Waals surface area contributed by atoms with Crippen LogP contribution in [-0.4, -0.2) is 38.9 Å². The second-order valence-corrected chi connectivity index (χ2v) is 8.41. The summed E-state index contributed by atoms with van der Waals surface area (Å²) >= 11 is 0. The normalized spacial score (nSPS) is 15.9. The molecule has 0 aliphatic carbocycles. The third kappa shape index (κ3) is 3.24. The van der Waals surface area contributed by atoms with Crippen LogP contribution in [0.4, 0.5) is 27.6 Å². The van der Waals surface area contributed by atoms with E-state index in [0.29, 0.717) is 0 Å². The van der Waals surface area contributed by atoms with E-state index in [1.165, 1.54) is 0 Å². The van der Waals surface area contributed by atoms with Crippen molar-refractivity contribution in [3.05, 3.63) is 58.4 Å². The smallest absolute Gasteiger partial charge is 0.249 e. The highest BCUT2D eigenvalue weighted by Crippen LogP contribution is 2.31. The van der Waals surface area contributed by atoms with Gasteiger partial charge in [-0.3, -0.25) is 0 Å². The molecule has 0 N–H and O–H groups in total. The maximum absolute atomic E-state index is 14.0. The lowest BCUT2D eigenvalue weighted by molar-refractivity contribution is 0.344. The van der Waals surface area contributed by atoms with E-state index in [4.69, 9.17) is 0 Å². The van der Waals surface area contributed by atoms with Crippen molar-refractivity contribution in [3.8, 4) is 0 Å². The molecule has 0 radical (unpaired) electrons. The number of sulfonamides is 1. The average Bonchev–Trinajstić information content (AvgIpc) is 2.65. The van der Waals surface area contributed by atoms with Crippen LogP contribution in [0.2, 0.25) is 0 Å². The fraction of sp³-hybridized carbons (Fsp3) is 0.333. The van der Waals surface area contributed by atoms with Gasteiger partial charge in [0.2, 0.25) is 15.8 Å². The summed E-state index contributed by atoms with van der Waals surface area (Å²) in [6.45, 7) is 3.91. The Bertz CT molecular complexity index is 986. The Hall–Kier alpha value is -2.20. The van der Waals surface area contributed by atoms with Crippen molar-refractivity contribution >= 4 is 15.7 Å². The number of hydrogen-bond acceptors (Lipinski definition) is 3. The van der Waals surface area contributed by atoms with Crippen LogP contribution >= 0.6 is 0 Å². The third-order valence-electron chi connectivity index (χ3n) is 4.76. The van der Waals surface area contributed by atoms with E-state index in [0.717, 1.165) is 21.1 Å². The number of rotatable bonds is 3. The zero-order valence-corrected chi connectivity index (χ0v) is 15.9. The van der Waals surface area contributed by atoms with E-state index in [-0.39, 0.29) is 26.2 Å². The van der Waals surface area contributed by atoms with Crippen molar-refractivity contribution < 1.29 is 30.4 Å². The first kappa shape index (κ1) is 20.5. The minimum Gasteiger partial charge on any atom is -0.368 e. The number of benzene rings is 2. The van der Waals surface area contributed by atoms with Crippen molar-refractivity contribution in [1.29, 1.82) is 0 Å². The summed E-state index contributed by atoms with van der Waals surface area (Å²) < 4.78 is 93.9. The van der Waals surface area contributed by atoms with Gasteiger partial charge >= 0.3 is 0 Å². The van der Waals surface area contributed by atoms with Gasteiger partial charge in [0.05, 0.1) is 0 Å². The molecule has 10 heteroatoms. The third-order valence-corrected chi connectivity index (χ3v) is 6.68. The number of nitrogens with zero attached hydrogens (tertiary/aromatic N) is 2. The zero-order chi connectivity index (χ0) is 20.8. The maximum Gasteiger partial charge on any atom is 0.249 e. The molecule has 1 saturated heterocycles. The molecule has 0 saturated carbocycles. The molecule has 3 rings (SSSR count). The molecule has 0 bridgehead atoms. The van der Waals surface area contributed by atoms with Gasteiger partial charge in [0.25, 0.3) is 0 Å². The van der Waals surface area contributed by atoms with Crippen molar-refractivity contribution in [2.75, 3.05) is 31.1 Å². The fourth-order valence-corrected chi connectivity index (χ4v) is 4.93. The highest BCUT2D eigenvalue weighted by molar-refractivity contribution is 7.89. The predicted octanol–water partition coefficient (Wildman–Crippen LogP) is 3.51. The summed E-state index contributed by atoms with van der Waals surface area (Å²) in [4.78, 5) is 0.110. The molecule has 4 nitrogen and oxygen atoms in total. The van der Waals surface area contributed by atoms with Crippen molar-refractivity contribution in [2.45, 2.75) is 18.7 Å². The molecule has 0 unspecified atom stereocenters. The molecule has 0 spiro atoms. The Morgan fingerprint density at radius 2 is 1.18 bits per heavy atom. The molecule has 1 fully saturated rings. The molecular weight excluding hydrogens is 403 g/mol. The van der Waals surface area contributed by atoms with Crippen LogP contribution in [0.1, 0.15) is 11.1 Å². The quantitative estimate of drug-likeness (QED) is 0.434. The summed E-state index contributed by atoms with van der Waals surface area (Å²) in [7, 11) is -4.90. The summed E-state index contributed by atoms with van der Waals surface area (Å²) in [5.74, 6) is -11.7. The molecular formula is C18H17F5N2O2S. The lowest BCUT2D eigenvalue weighted by atomic mass is 10.1. The van der Waals surface area contributed by atoms with Crippen LogP contribution in [0.3, 0.4) is 0 Å². The topological polar surface area (TPSA) is 40.6 Å². The molecule has 28 heavy (non-hydrogen) atoms. The molecule has 2 aromatic carbocycles. The summed E-state index contributed by atoms with van der Waals surface area (Å²) in [5.41, 5.74) is 2.89. The molecule has 152 valence electrons. The molecule has 0 amide bonds. The minimum atomic E-state index is -4.90. The first-order valence-corrected chi connectivity index (χ1v) is 9.84. The number of halogens is 5. The highest BCUT2D eigenvalue weighted by atomic mass is 32.2. The Labute approximate surface area is 159 Å². The molecule has 1 aliphatic rings. The largest absolute Gasteiger partial charge is 0.368 e. The standard InChI is InChI=1S/C18H17F5N2O2S/c1-10-4-3-5-11(2)17(10)24-6-8-25(9-7-24)28(26,27)18-15(22)13(20)12(19)14(21)16(18)23/h3-5H,6-9H2,1-2H3. The van der Waals surface area contributed by atoms with E-state index >= 15 is 0 Å². The molecule has 0 atom stereocenters. The number of anilines is 1. The predicted molar refractivity (Wildman–Crippen MR) is 93.1 cm³/mol. The van der Waals surface area contributed by atoms with Gasteiger partial charge in [-0.25, -0.2) is 30.4 Å². The van der Waals surface area contributed by atoms with E-state index in [9.17, 15) is 30.4 Å². The molecule has 2 aromatic rings. The highest BCUT2D eigenvalue weighted by Gasteiger charge is 2.38. The lowest BCUT2D eigenvalue weighted by Crippen LogP contribution is -2.49. The van der Waals surface area contributed by atoms with E-state index in [1.54, 1.807) is 0 Å². The van der Waals surface area contributed by atoms with Gasteiger partial charge in [0, 0.05) is 31.9 Å². The summed E-state index contributed by atoms with van der Waals surface area (Å²) in [6, 6.07) is 5.69. The van der Waals surface area contributed by atoms with Gasteiger partial charge < -0.3 is 4.90 Å². The second kappa shape index (κ2) is 7.32. The van der Waals surface area contributed by atoms with Crippen LogP contribution in [0.15, 0.2) is 23.1 Å². The molecule has 0 aromatic heterocycles. The molecule has 1 aliphatic heterocycles. The number of hydrogen-bond donors (Lipinski definition) is 0. The van der Waals surface area contributed by atoms with E-state index in [1.807, 2.05) is 36.9 Å². The Balaban J connectivity index is 1.91. The van der Waals surface area contributed by atoms with Gasteiger partial charge in [-0.05, 0) is 25.0 Å². The maximum atomic E-state index is 14.0. The first-order chi connectivity index (χ1) is 13.1. The van der Waals surface area contributed by atoms with Gasteiger partial charge in [-0.2, -0.15) is 4.31 Å². The average molecular weight is 420 g/mol.